The van der Waals surface area contributed by atoms with Gasteiger partial charge in [-0.15, -0.1) is 0 Å². The highest BCUT2D eigenvalue weighted by atomic mass is 16.2. The zero-order chi connectivity index (χ0) is 13.4. The van der Waals surface area contributed by atoms with E-state index >= 15 is 0 Å². The SMILES string of the molecule is Cc1ccn2cc(C(=O)Nc3cc(C)[nH]n3)nc2c1. The lowest BCUT2D eigenvalue weighted by Crippen LogP contribution is -2.12. The molecule has 0 atom stereocenters. The van der Waals surface area contributed by atoms with Crippen molar-refractivity contribution in [3.63, 3.8) is 0 Å². The molecule has 3 rings (SSSR count). The van der Waals surface area contributed by atoms with Gasteiger partial charge in [0.15, 0.2) is 5.82 Å². The zero-order valence-electron chi connectivity index (χ0n) is 10.6. The summed E-state index contributed by atoms with van der Waals surface area (Å²) in [4.78, 5) is 16.3. The van der Waals surface area contributed by atoms with Gasteiger partial charge in [0.2, 0.25) is 0 Å². The smallest absolute Gasteiger partial charge is 0.277 e. The molecule has 0 aliphatic rings. The Bertz CT molecular complexity index is 755. The zero-order valence-corrected chi connectivity index (χ0v) is 10.6. The van der Waals surface area contributed by atoms with Gasteiger partial charge in [0.05, 0.1) is 0 Å². The minimum atomic E-state index is -0.271. The van der Waals surface area contributed by atoms with Crippen molar-refractivity contribution in [2.24, 2.45) is 0 Å². The summed E-state index contributed by atoms with van der Waals surface area (Å²) in [5.41, 5.74) is 3.11. The molecule has 0 aliphatic heterocycles. The van der Waals surface area contributed by atoms with Gasteiger partial charge in [0, 0.05) is 24.2 Å². The van der Waals surface area contributed by atoms with Crippen molar-refractivity contribution in [2.75, 3.05) is 5.32 Å². The predicted molar refractivity (Wildman–Crippen MR) is 71.2 cm³/mol. The quantitative estimate of drug-likeness (QED) is 0.734. The summed E-state index contributed by atoms with van der Waals surface area (Å²) in [7, 11) is 0. The third-order valence-corrected chi connectivity index (χ3v) is 2.80. The number of anilines is 1. The Morgan fingerprint density at radius 1 is 1.37 bits per heavy atom. The molecule has 0 aliphatic carbocycles. The summed E-state index contributed by atoms with van der Waals surface area (Å²) in [5.74, 6) is 0.226. The number of carbonyl (C=O) groups excluding carboxylic acids is 1. The molecule has 0 aromatic carbocycles. The van der Waals surface area contributed by atoms with Crippen LogP contribution in [0.25, 0.3) is 5.65 Å². The van der Waals surface area contributed by atoms with Gasteiger partial charge in [-0.2, -0.15) is 5.10 Å². The number of rotatable bonds is 2. The first-order chi connectivity index (χ1) is 9.11. The Hall–Kier alpha value is -2.63. The number of aromatic amines is 1. The number of pyridine rings is 1. The van der Waals surface area contributed by atoms with Crippen molar-refractivity contribution >= 4 is 17.4 Å². The monoisotopic (exact) mass is 255 g/mol. The van der Waals surface area contributed by atoms with E-state index in [9.17, 15) is 4.79 Å². The molecule has 3 heterocycles. The maximum atomic E-state index is 12.0. The summed E-state index contributed by atoms with van der Waals surface area (Å²) < 4.78 is 1.82. The number of aromatic nitrogens is 4. The van der Waals surface area contributed by atoms with Crippen LogP contribution in [0.1, 0.15) is 21.7 Å². The van der Waals surface area contributed by atoms with Gasteiger partial charge >= 0.3 is 0 Å². The third kappa shape index (κ3) is 2.20. The Morgan fingerprint density at radius 3 is 2.95 bits per heavy atom. The second kappa shape index (κ2) is 4.24. The van der Waals surface area contributed by atoms with E-state index in [1.165, 1.54) is 0 Å². The van der Waals surface area contributed by atoms with Crippen LogP contribution in [0.4, 0.5) is 5.82 Å². The van der Waals surface area contributed by atoms with Crippen LogP contribution < -0.4 is 5.32 Å². The number of fused-ring (bicyclic) bond motifs is 1. The molecule has 1 amide bonds. The molecule has 0 spiro atoms. The van der Waals surface area contributed by atoms with E-state index in [0.29, 0.717) is 11.5 Å². The van der Waals surface area contributed by atoms with Gasteiger partial charge in [-0.05, 0) is 31.5 Å². The highest BCUT2D eigenvalue weighted by Crippen LogP contribution is 2.10. The molecular formula is C13H13N5O. The molecule has 0 fully saturated rings. The molecule has 6 heteroatoms. The fourth-order valence-electron chi connectivity index (χ4n) is 1.86. The van der Waals surface area contributed by atoms with E-state index in [1.54, 1.807) is 12.3 Å². The number of hydrogen-bond donors (Lipinski definition) is 2. The number of nitrogens with zero attached hydrogens (tertiary/aromatic N) is 3. The van der Waals surface area contributed by atoms with Crippen molar-refractivity contribution in [1.82, 2.24) is 19.6 Å². The first-order valence-electron chi connectivity index (χ1n) is 5.90. The van der Waals surface area contributed by atoms with Crippen LogP contribution >= 0.6 is 0 Å². The second-order valence-corrected chi connectivity index (χ2v) is 4.49. The minimum Gasteiger partial charge on any atom is -0.306 e. The highest BCUT2D eigenvalue weighted by Gasteiger charge is 2.12. The van der Waals surface area contributed by atoms with Crippen molar-refractivity contribution in [1.29, 1.82) is 0 Å². The molecule has 0 saturated carbocycles. The topological polar surface area (TPSA) is 75.1 Å². The van der Waals surface area contributed by atoms with E-state index in [1.807, 2.05) is 36.6 Å². The standard InChI is InChI=1S/C13H13N5O/c1-8-3-4-18-7-10(14-12(18)5-8)13(19)15-11-6-9(2)16-17-11/h3-7H,1-2H3,(H2,15,16,17,19). The second-order valence-electron chi connectivity index (χ2n) is 4.49. The summed E-state index contributed by atoms with van der Waals surface area (Å²) in [6.45, 7) is 3.86. The van der Waals surface area contributed by atoms with Gasteiger partial charge in [-0.1, -0.05) is 0 Å². The number of nitrogens with one attached hydrogen (secondary N) is 2. The molecular weight excluding hydrogens is 242 g/mol. The highest BCUT2D eigenvalue weighted by molar-refractivity contribution is 6.02. The van der Waals surface area contributed by atoms with Crippen molar-refractivity contribution in [2.45, 2.75) is 13.8 Å². The Labute approximate surface area is 109 Å². The van der Waals surface area contributed by atoms with Gasteiger partial charge in [0.1, 0.15) is 11.3 Å². The maximum Gasteiger partial charge on any atom is 0.277 e. The van der Waals surface area contributed by atoms with Crippen LogP contribution in [-0.4, -0.2) is 25.5 Å². The van der Waals surface area contributed by atoms with Gasteiger partial charge in [0.25, 0.3) is 5.91 Å². The first kappa shape index (κ1) is 11.5. The van der Waals surface area contributed by atoms with E-state index in [-0.39, 0.29) is 5.91 Å². The third-order valence-electron chi connectivity index (χ3n) is 2.80. The van der Waals surface area contributed by atoms with Crippen LogP contribution in [0, 0.1) is 13.8 Å². The van der Waals surface area contributed by atoms with Gasteiger partial charge in [-0.3, -0.25) is 9.89 Å². The summed E-state index contributed by atoms with van der Waals surface area (Å²) in [5, 5.41) is 9.42. The van der Waals surface area contributed by atoms with Crippen molar-refractivity contribution in [3.05, 3.63) is 47.5 Å². The van der Waals surface area contributed by atoms with E-state index in [0.717, 1.165) is 16.9 Å². The molecule has 19 heavy (non-hydrogen) atoms. The summed E-state index contributed by atoms with van der Waals surface area (Å²) in [6.07, 6.45) is 3.58. The number of carbonyl (C=O) groups is 1. The van der Waals surface area contributed by atoms with Crippen LogP contribution in [0.2, 0.25) is 0 Å². The molecule has 6 nitrogen and oxygen atoms in total. The lowest BCUT2D eigenvalue weighted by molar-refractivity contribution is 0.102. The first-order valence-corrected chi connectivity index (χ1v) is 5.90. The maximum absolute atomic E-state index is 12.0. The lowest BCUT2D eigenvalue weighted by Gasteiger charge is -1.96. The van der Waals surface area contributed by atoms with E-state index < -0.39 is 0 Å². The molecule has 96 valence electrons. The number of imidazole rings is 1. The van der Waals surface area contributed by atoms with E-state index in [4.69, 9.17) is 0 Å². The molecule has 0 bridgehead atoms. The number of amides is 1. The average molecular weight is 255 g/mol. The molecule has 3 aromatic rings. The molecule has 2 N–H and O–H groups in total. The van der Waals surface area contributed by atoms with Gasteiger partial charge < -0.3 is 9.72 Å². The Kier molecular flexibility index (Phi) is 2.56. The summed E-state index contributed by atoms with van der Waals surface area (Å²) >= 11 is 0. The van der Waals surface area contributed by atoms with Crippen molar-refractivity contribution < 1.29 is 4.79 Å². The van der Waals surface area contributed by atoms with Crippen LogP contribution in [0.3, 0.4) is 0 Å². The predicted octanol–water partition coefficient (Wildman–Crippen LogP) is 1.93. The Balaban J connectivity index is 1.89. The minimum absolute atomic E-state index is 0.271. The number of hydrogen-bond acceptors (Lipinski definition) is 3. The Morgan fingerprint density at radius 2 is 2.21 bits per heavy atom. The van der Waals surface area contributed by atoms with E-state index in [2.05, 4.69) is 20.5 Å². The van der Waals surface area contributed by atoms with Crippen LogP contribution in [0.5, 0.6) is 0 Å². The van der Waals surface area contributed by atoms with Crippen LogP contribution in [0.15, 0.2) is 30.6 Å². The lowest BCUT2D eigenvalue weighted by atomic mass is 10.3. The molecule has 0 radical (unpaired) electrons. The average Bonchev–Trinajstić information content (AvgIpc) is 2.95. The van der Waals surface area contributed by atoms with Crippen molar-refractivity contribution in [3.8, 4) is 0 Å². The van der Waals surface area contributed by atoms with Gasteiger partial charge in [-0.25, -0.2) is 4.98 Å². The molecule has 3 aromatic heterocycles. The fraction of sp³-hybridized carbons (Fsp3) is 0.154. The summed E-state index contributed by atoms with van der Waals surface area (Å²) in [6, 6.07) is 5.65. The fourth-order valence-corrected chi connectivity index (χ4v) is 1.86. The van der Waals surface area contributed by atoms with Crippen LogP contribution in [-0.2, 0) is 0 Å². The molecule has 0 unspecified atom stereocenters. The number of aryl methyl sites for hydroxylation is 2. The normalized spacial score (nSPS) is 10.8. The number of H-pyrrole nitrogens is 1. The molecule has 0 saturated heterocycles. The largest absolute Gasteiger partial charge is 0.306 e.